The van der Waals surface area contributed by atoms with Gasteiger partial charge in [-0.3, -0.25) is 0 Å². The van der Waals surface area contributed by atoms with Crippen molar-refractivity contribution in [2.75, 3.05) is 31.8 Å². The highest BCUT2D eigenvalue weighted by atomic mass is 79.9. The predicted molar refractivity (Wildman–Crippen MR) is 134 cm³/mol. The Hall–Kier alpha value is -3.31. The molecule has 1 unspecified atom stereocenters. The smallest absolute Gasteiger partial charge is 0.416 e. The maximum absolute atomic E-state index is 13.5. The van der Waals surface area contributed by atoms with Crippen molar-refractivity contribution in [3.05, 3.63) is 86.8 Å². The van der Waals surface area contributed by atoms with Crippen molar-refractivity contribution < 1.29 is 37.0 Å². The molecule has 1 aliphatic heterocycles. The molecule has 0 fully saturated rings. The van der Waals surface area contributed by atoms with Gasteiger partial charge in [-0.1, -0.05) is 34.1 Å². The lowest BCUT2D eigenvalue weighted by molar-refractivity contribution is -0.141. The van der Waals surface area contributed by atoms with E-state index >= 15 is 0 Å². The van der Waals surface area contributed by atoms with E-state index in [0.717, 1.165) is 16.6 Å². The van der Waals surface area contributed by atoms with Crippen LogP contribution in [0.15, 0.2) is 75.7 Å². The largest absolute Gasteiger partial charge is 0.463 e. The van der Waals surface area contributed by atoms with E-state index in [9.17, 15) is 22.8 Å². The summed E-state index contributed by atoms with van der Waals surface area (Å²) in [5.74, 6) is -2.73. The van der Waals surface area contributed by atoms with Gasteiger partial charge in [0.05, 0.1) is 35.8 Å². The van der Waals surface area contributed by atoms with Crippen molar-refractivity contribution in [3.8, 4) is 0 Å². The first kappa shape index (κ1) is 28.3. The minimum atomic E-state index is -4.62. The Balaban J connectivity index is 2.29. The van der Waals surface area contributed by atoms with Gasteiger partial charge < -0.3 is 24.8 Å². The summed E-state index contributed by atoms with van der Waals surface area (Å²) in [4.78, 5) is 27.9. The first-order valence-electron chi connectivity index (χ1n) is 11.3. The van der Waals surface area contributed by atoms with Crippen LogP contribution < -0.4 is 10.6 Å². The average molecular weight is 583 g/mol. The summed E-state index contributed by atoms with van der Waals surface area (Å²) in [5, 5.41) is 0. The third kappa shape index (κ3) is 6.16. The molecule has 7 nitrogen and oxygen atoms in total. The van der Waals surface area contributed by atoms with Crippen molar-refractivity contribution in [2.24, 2.45) is 5.73 Å². The van der Waals surface area contributed by atoms with Crippen LogP contribution in [-0.2, 0) is 30.0 Å². The molecule has 0 saturated heterocycles. The van der Waals surface area contributed by atoms with Crippen LogP contribution in [0.5, 0.6) is 0 Å². The summed E-state index contributed by atoms with van der Waals surface area (Å²) in [5.41, 5.74) is 6.28. The average Bonchev–Trinajstić information content (AvgIpc) is 2.84. The van der Waals surface area contributed by atoms with Crippen LogP contribution >= 0.6 is 15.9 Å². The van der Waals surface area contributed by atoms with Gasteiger partial charge >= 0.3 is 18.1 Å². The van der Waals surface area contributed by atoms with Gasteiger partial charge in [-0.2, -0.15) is 13.2 Å². The molecule has 0 saturated carbocycles. The zero-order valence-electron chi connectivity index (χ0n) is 20.4. The third-order valence-electron chi connectivity index (χ3n) is 5.69. The zero-order chi connectivity index (χ0) is 27.3. The number of hydrogen-bond acceptors (Lipinski definition) is 7. The number of carbonyl (C=O) groups excluding carboxylic acids is 2. The fraction of sp³-hybridized carbons (Fsp3) is 0.308. The third-order valence-corrected chi connectivity index (χ3v) is 6.22. The number of carbonyl (C=O) groups is 2. The van der Waals surface area contributed by atoms with Gasteiger partial charge in [-0.25, -0.2) is 9.59 Å². The molecular weight excluding hydrogens is 557 g/mol. The minimum absolute atomic E-state index is 0.0164. The van der Waals surface area contributed by atoms with Gasteiger partial charge in [0.15, 0.2) is 0 Å². The molecule has 37 heavy (non-hydrogen) atoms. The van der Waals surface area contributed by atoms with E-state index in [-0.39, 0.29) is 48.2 Å². The van der Waals surface area contributed by atoms with Crippen molar-refractivity contribution in [1.82, 2.24) is 0 Å². The van der Waals surface area contributed by atoms with Gasteiger partial charge in [0.25, 0.3) is 0 Å². The first-order valence-corrected chi connectivity index (χ1v) is 12.1. The van der Waals surface area contributed by atoms with Crippen LogP contribution in [0.1, 0.15) is 30.9 Å². The molecule has 0 aromatic heterocycles. The molecule has 2 N–H and O–H groups in total. The number of ether oxygens (including phenoxy) is 3. The number of methoxy groups -OCH3 is 1. The molecule has 11 heteroatoms. The second-order valence-corrected chi connectivity index (χ2v) is 8.93. The molecular formula is C26H26BrF3N2O5. The van der Waals surface area contributed by atoms with Crippen molar-refractivity contribution in [2.45, 2.75) is 25.9 Å². The maximum atomic E-state index is 13.5. The molecule has 0 radical (unpaired) electrons. The van der Waals surface area contributed by atoms with Gasteiger partial charge in [-0.05, 0) is 49.7 Å². The Bertz CT molecular complexity index is 1230. The number of nitrogens with zero attached hydrogens (tertiary/aromatic N) is 1. The van der Waals surface area contributed by atoms with Gasteiger partial charge in [0.2, 0.25) is 0 Å². The topological polar surface area (TPSA) is 91.1 Å². The van der Waals surface area contributed by atoms with Crippen molar-refractivity contribution >= 4 is 33.6 Å². The van der Waals surface area contributed by atoms with E-state index in [1.54, 1.807) is 31.2 Å². The second kappa shape index (κ2) is 11.8. The lowest BCUT2D eigenvalue weighted by Crippen LogP contribution is -2.39. The Morgan fingerprint density at radius 1 is 1.03 bits per heavy atom. The van der Waals surface area contributed by atoms with Crippen LogP contribution in [0.25, 0.3) is 0 Å². The van der Waals surface area contributed by atoms with E-state index in [1.165, 1.54) is 31.1 Å². The van der Waals surface area contributed by atoms with Gasteiger partial charge in [0.1, 0.15) is 12.4 Å². The minimum Gasteiger partial charge on any atom is -0.463 e. The van der Waals surface area contributed by atoms with Crippen LogP contribution in [-0.4, -0.2) is 38.9 Å². The first-order chi connectivity index (χ1) is 17.5. The number of alkyl halides is 3. The van der Waals surface area contributed by atoms with E-state index < -0.39 is 29.6 Å². The van der Waals surface area contributed by atoms with E-state index in [2.05, 4.69) is 15.9 Å². The highest BCUT2D eigenvalue weighted by Crippen LogP contribution is 2.44. The molecule has 0 amide bonds. The van der Waals surface area contributed by atoms with Gasteiger partial charge in [-0.15, -0.1) is 0 Å². The number of benzene rings is 2. The Morgan fingerprint density at radius 2 is 1.68 bits per heavy atom. The Morgan fingerprint density at radius 3 is 2.27 bits per heavy atom. The SMILES string of the molecule is CCOC(=O)C1=C(N)N(c2cccc(C(F)(F)F)c2)C(C)=C(C(=O)OCCOC)C1c1ccc(Br)cc1. The number of halogens is 4. The zero-order valence-corrected chi connectivity index (χ0v) is 22.0. The molecule has 1 aliphatic rings. The van der Waals surface area contributed by atoms with Crippen LogP contribution in [0.4, 0.5) is 18.9 Å². The quantitative estimate of drug-likeness (QED) is 0.335. The number of esters is 2. The summed E-state index contributed by atoms with van der Waals surface area (Å²) in [7, 11) is 1.45. The molecule has 198 valence electrons. The summed E-state index contributed by atoms with van der Waals surface area (Å²) < 4.78 is 56.9. The summed E-state index contributed by atoms with van der Waals surface area (Å²) in [6.07, 6.45) is -4.62. The van der Waals surface area contributed by atoms with E-state index in [4.69, 9.17) is 19.9 Å². The molecule has 0 spiro atoms. The fourth-order valence-electron chi connectivity index (χ4n) is 4.06. The van der Waals surface area contributed by atoms with Gasteiger partial charge in [0, 0.05) is 23.0 Å². The molecule has 2 aromatic rings. The summed E-state index contributed by atoms with van der Waals surface area (Å²) in [6.45, 7) is 3.21. The molecule has 0 bridgehead atoms. The van der Waals surface area contributed by atoms with E-state index in [1.807, 2.05) is 0 Å². The highest BCUT2D eigenvalue weighted by molar-refractivity contribution is 9.10. The number of rotatable bonds is 8. The number of allylic oxidation sites excluding steroid dienone is 1. The highest BCUT2D eigenvalue weighted by Gasteiger charge is 2.42. The summed E-state index contributed by atoms with van der Waals surface area (Å²) >= 11 is 3.37. The number of anilines is 1. The Labute approximate surface area is 220 Å². The van der Waals surface area contributed by atoms with Crippen LogP contribution in [0, 0.1) is 0 Å². The molecule has 2 aromatic carbocycles. The Kier molecular flexibility index (Phi) is 9.03. The standard InChI is InChI=1S/C26H26BrF3N2O5/c1-4-36-25(34)22-21(16-8-10-18(27)11-9-16)20(24(33)37-13-12-35-3)15(2)32(23(22)31)19-7-5-6-17(14-19)26(28,29)30/h5-11,14,21H,4,12-13,31H2,1-3H3. The number of hydrogen-bond donors (Lipinski definition) is 1. The maximum Gasteiger partial charge on any atom is 0.416 e. The molecule has 3 rings (SSSR count). The monoisotopic (exact) mass is 582 g/mol. The normalized spacial score (nSPS) is 16.2. The predicted octanol–water partition coefficient (Wildman–Crippen LogP) is 5.27. The number of nitrogens with two attached hydrogens (primary N) is 1. The lowest BCUT2D eigenvalue weighted by Gasteiger charge is -2.37. The molecule has 1 atom stereocenters. The lowest BCUT2D eigenvalue weighted by atomic mass is 9.80. The van der Waals surface area contributed by atoms with Crippen molar-refractivity contribution in [3.63, 3.8) is 0 Å². The van der Waals surface area contributed by atoms with Crippen LogP contribution in [0.3, 0.4) is 0 Å². The van der Waals surface area contributed by atoms with E-state index in [0.29, 0.717) is 5.56 Å². The van der Waals surface area contributed by atoms with Crippen molar-refractivity contribution in [1.29, 1.82) is 0 Å². The van der Waals surface area contributed by atoms with Crippen LogP contribution in [0.2, 0.25) is 0 Å². The molecule has 0 aliphatic carbocycles. The summed E-state index contributed by atoms with van der Waals surface area (Å²) in [6, 6.07) is 11.3. The molecule has 1 heterocycles. The fourth-order valence-corrected chi connectivity index (χ4v) is 4.32. The second-order valence-electron chi connectivity index (χ2n) is 8.02.